The van der Waals surface area contributed by atoms with Gasteiger partial charge in [0.15, 0.2) is 0 Å². The number of aliphatic imine (C=N–C) groups is 1. The molecule has 0 aliphatic heterocycles. The molecule has 0 bridgehead atoms. The average molecular weight is 470 g/mol. The maximum atomic E-state index is 10.3. The summed E-state index contributed by atoms with van der Waals surface area (Å²) in [4.78, 5) is 8.84. The minimum atomic E-state index is -1.13. The molecule has 0 aliphatic carbocycles. The van der Waals surface area contributed by atoms with E-state index in [0.29, 0.717) is 36.6 Å². The van der Waals surface area contributed by atoms with Gasteiger partial charge in [0.1, 0.15) is 18.2 Å². The van der Waals surface area contributed by atoms with Gasteiger partial charge in [-0.3, -0.25) is 4.99 Å². The van der Waals surface area contributed by atoms with Crippen molar-refractivity contribution in [1.29, 1.82) is 5.41 Å². The molecule has 2 aromatic rings. The average Bonchev–Trinajstić information content (AvgIpc) is 2.77. The molecular formula is C25H35N3O4Si. The van der Waals surface area contributed by atoms with E-state index in [1.54, 1.807) is 30.5 Å². The topological polar surface area (TPSA) is 108 Å². The number of aliphatic hydroxyl groups is 1. The highest BCUT2D eigenvalue weighted by atomic mass is 28.3. The van der Waals surface area contributed by atoms with Crippen LogP contribution in [0.4, 0.5) is 0 Å². The Kier molecular flexibility index (Phi) is 10.4. The number of hydrogen-bond donors (Lipinski definition) is 3. The molecule has 1 heterocycles. The first-order valence-electron chi connectivity index (χ1n) is 11.1. The predicted molar refractivity (Wildman–Crippen MR) is 136 cm³/mol. The first kappa shape index (κ1) is 26.4. The molecule has 0 saturated carbocycles. The second-order valence-corrected chi connectivity index (χ2v) is 14.6. The molecular weight excluding hydrogens is 434 g/mol. The van der Waals surface area contributed by atoms with Crippen molar-refractivity contribution in [2.75, 3.05) is 19.9 Å². The lowest BCUT2D eigenvalue weighted by atomic mass is 9.99. The maximum Gasteiger partial charge on any atom is 0.219 e. The largest absolute Gasteiger partial charge is 0.508 e. The number of ether oxygens (including phenoxy) is 2. The molecule has 3 N–H and O–H groups in total. The summed E-state index contributed by atoms with van der Waals surface area (Å²) in [5.74, 6) is 0.823. The van der Waals surface area contributed by atoms with E-state index in [4.69, 9.17) is 14.9 Å². The molecule has 0 saturated heterocycles. The van der Waals surface area contributed by atoms with Gasteiger partial charge in [0.05, 0.1) is 5.71 Å². The molecule has 0 spiro atoms. The summed E-state index contributed by atoms with van der Waals surface area (Å²) in [5.41, 5.74) is 2.25. The standard InChI is InChI=1S/C25H35N3O4Si/c1-5-19(17-29)14-20-6-8-22(15-24(20)30)32-25-9-7-21(16-27-25)23(10-11-26)28-18-31-12-13-33(2,3)4/h5-9,11,15-16,19,26,29-30H,1,10,12-14,17-18H2,2-4H3. The van der Waals surface area contributed by atoms with Gasteiger partial charge < -0.3 is 25.1 Å². The van der Waals surface area contributed by atoms with Gasteiger partial charge >= 0.3 is 0 Å². The molecule has 8 heteroatoms. The minimum absolute atomic E-state index is 0.0225. The van der Waals surface area contributed by atoms with Crippen LogP contribution in [0.2, 0.25) is 25.7 Å². The van der Waals surface area contributed by atoms with Gasteiger partial charge in [-0.2, -0.15) is 0 Å². The minimum Gasteiger partial charge on any atom is -0.508 e. The van der Waals surface area contributed by atoms with E-state index in [-0.39, 0.29) is 25.0 Å². The third kappa shape index (κ3) is 9.29. The summed E-state index contributed by atoms with van der Waals surface area (Å²) in [6.07, 6.45) is 5.53. The van der Waals surface area contributed by atoms with Gasteiger partial charge in [0, 0.05) is 63.7 Å². The molecule has 0 amide bonds. The van der Waals surface area contributed by atoms with E-state index in [2.05, 4.69) is 36.2 Å². The van der Waals surface area contributed by atoms with Crippen molar-refractivity contribution in [1.82, 2.24) is 4.98 Å². The number of aromatic hydroxyl groups is 1. The Morgan fingerprint density at radius 1 is 1.27 bits per heavy atom. The van der Waals surface area contributed by atoms with Crippen molar-refractivity contribution in [3.8, 4) is 17.4 Å². The number of phenols is 1. The van der Waals surface area contributed by atoms with Gasteiger partial charge in [-0.25, -0.2) is 4.98 Å². The van der Waals surface area contributed by atoms with E-state index < -0.39 is 8.07 Å². The van der Waals surface area contributed by atoms with E-state index in [1.807, 2.05) is 6.07 Å². The summed E-state index contributed by atoms with van der Waals surface area (Å²) in [5, 5.41) is 27.0. The zero-order valence-corrected chi connectivity index (χ0v) is 20.8. The molecule has 1 aromatic carbocycles. The Labute approximate surface area is 197 Å². The fourth-order valence-corrected chi connectivity index (χ4v) is 3.71. The quantitative estimate of drug-likeness (QED) is 0.155. The lowest BCUT2D eigenvalue weighted by Crippen LogP contribution is -2.21. The number of rotatable bonds is 14. The van der Waals surface area contributed by atoms with Gasteiger partial charge in [0.2, 0.25) is 5.88 Å². The SMILES string of the molecule is C=CC(CO)Cc1ccc(Oc2ccc(C(CC=N)=NCOCC[Si](C)(C)C)cn2)cc1O. The molecule has 7 nitrogen and oxygen atoms in total. The number of pyridine rings is 1. The second-order valence-electron chi connectivity index (χ2n) is 9.02. The summed E-state index contributed by atoms with van der Waals surface area (Å²) >= 11 is 0. The van der Waals surface area contributed by atoms with Gasteiger partial charge in [-0.1, -0.05) is 31.8 Å². The molecule has 33 heavy (non-hydrogen) atoms. The Morgan fingerprint density at radius 3 is 2.64 bits per heavy atom. The molecule has 1 aromatic heterocycles. The molecule has 178 valence electrons. The zero-order chi connectivity index (χ0) is 24.3. The number of phenolic OH excluding ortho intramolecular Hbond substituents is 1. The zero-order valence-electron chi connectivity index (χ0n) is 19.8. The highest BCUT2D eigenvalue weighted by Gasteiger charge is 2.12. The molecule has 2 rings (SSSR count). The molecule has 1 atom stereocenters. The van der Waals surface area contributed by atoms with Crippen LogP contribution in [0.3, 0.4) is 0 Å². The van der Waals surface area contributed by atoms with Crippen LogP contribution in [-0.2, 0) is 11.2 Å². The summed E-state index contributed by atoms with van der Waals surface area (Å²) in [6.45, 7) is 11.6. The van der Waals surface area contributed by atoms with Crippen LogP contribution in [-0.4, -0.2) is 55.1 Å². The molecule has 0 aliphatic rings. The molecule has 0 radical (unpaired) electrons. The number of benzene rings is 1. The lowest BCUT2D eigenvalue weighted by molar-refractivity contribution is 0.155. The highest BCUT2D eigenvalue weighted by Crippen LogP contribution is 2.28. The van der Waals surface area contributed by atoms with E-state index in [0.717, 1.165) is 17.3 Å². The maximum absolute atomic E-state index is 10.3. The van der Waals surface area contributed by atoms with E-state index in [1.165, 1.54) is 12.3 Å². The Hall–Kier alpha value is -2.81. The fourth-order valence-electron chi connectivity index (χ4n) is 2.95. The monoisotopic (exact) mass is 469 g/mol. The third-order valence-corrected chi connectivity index (χ3v) is 6.74. The Morgan fingerprint density at radius 2 is 2.06 bits per heavy atom. The Bertz CT molecular complexity index is 940. The van der Waals surface area contributed by atoms with Crippen molar-refractivity contribution in [3.63, 3.8) is 0 Å². The van der Waals surface area contributed by atoms with Crippen molar-refractivity contribution in [3.05, 3.63) is 60.3 Å². The number of aliphatic hydroxyl groups excluding tert-OH is 1. The predicted octanol–water partition coefficient (Wildman–Crippen LogP) is 5.06. The summed E-state index contributed by atoms with van der Waals surface area (Å²) in [6, 6.07) is 9.71. The van der Waals surface area contributed by atoms with E-state index in [9.17, 15) is 10.2 Å². The van der Waals surface area contributed by atoms with Gasteiger partial charge in [0.25, 0.3) is 0 Å². The first-order valence-corrected chi connectivity index (χ1v) is 14.8. The number of aromatic nitrogens is 1. The Balaban J connectivity index is 2.01. The normalized spacial score (nSPS) is 12.9. The number of nitrogens with zero attached hydrogens (tertiary/aromatic N) is 2. The summed E-state index contributed by atoms with van der Waals surface area (Å²) in [7, 11) is -1.13. The van der Waals surface area contributed by atoms with Crippen molar-refractivity contribution < 1.29 is 19.7 Å². The summed E-state index contributed by atoms with van der Waals surface area (Å²) < 4.78 is 11.4. The highest BCUT2D eigenvalue weighted by molar-refractivity contribution is 6.76. The van der Waals surface area contributed by atoms with Crippen LogP contribution < -0.4 is 4.74 Å². The van der Waals surface area contributed by atoms with Crippen LogP contribution in [0, 0.1) is 11.3 Å². The first-order chi connectivity index (χ1) is 15.8. The van der Waals surface area contributed by atoms with Crippen LogP contribution in [0.15, 0.2) is 54.2 Å². The fraction of sp³-hybridized carbons (Fsp3) is 0.400. The smallest absolute Gasteiger partial charge is 0.219 e. The van der Waals surface area contributed by atoms with Crippen molar-refractivity contribution in [2.24, 2.45) is 10.9 Å². The number of hydrogen-bond acceptors (Lipinski definition) is 7. The lowest BCUT2D eigenvalue weighted by Gasteiger charge is -2.14. The van der Waals surface area contributed by atoms with E-state index >= 15 is 0 Å². The number of nitrogens with one attached hydrogen (secondary N) is 1. The van der Waals surface area contributed by atoms with Crippen LogP contribution >= 0.6 is 0 Å². The van der Waals surface area contributed by atoms with Crippen molar-refractivity contribution in [2.45, 2.75) is 38.5 Å². The second kappa shape index (κ2) is 13.0. The van der Waals surface area contributed by atoms with Crippen LogP contribution in [0.5, 0.6) is 17.4 Å². The van der Waals surface area contributed by atoms with Crippen molar-refractivity contribution >= 4 is 20.0 Å². The van der Waals surface area contributed by atoms with Gasteiger partial charge in [-0.15, -0.1) is 6.58 Å². The molecule has 0 fully saturated rings. The van der Waals surface area contributed by atoms with Gasteiger partial charge in [-0.05, 0) is 30.2 Å². The van der Waals surface area contributed by atoms with Crippen LogP contribution in [0.25, 0.3) is 0 Å². The van der Waals surface area contributed by atoms with Crippen LogP contribution in [0.1, 0.15) is 17.5 Å². The molecule has 1 unspecified atom stereocenters. The third-order valence-electron chi connectivity index (χ3n) is 5.04.